The summed E-state index contributed by atoms with van der Waals surface area (Å²) in [6.45, 7) is 15.0. The number of morpholine rings is 1. The number of aliphatic imine (C=N–C) groups is 1. The molecule has 1 N–H and O–H groups in total. The lowest BCUT2D eigenvalue weighted by Gasteiger charge is -2.40. The quantitative estimate of drug-likeness (QED) is 0.584. The van der Waals surface area contributed by atoms with Crippen molar-refractivity contribution in [3.8, 4) is 0 Å². The minimum absolute atomic E-state index is 0.0656. The van der Waals surface area contributed by atoms with Crippen LogP contribution in [-0.4, -0.2) is 87.5 Å². The van der Waals surface area contributed by atoms with Gasteiger partial charge in [0, 0.05) is 51.3 Å². The topological polar surface area (TPSA) is 49.3 Å². The SMILES string of the molecule is CCNC(=NCC(C)(C)N1CCOCC1)N1CCC(COC)C1. The predicted octanol–water partition coefficient (Wildman–Crippen LogP) is 1.03. The molecular weight excluding hydrogens is 292 g/mol. The number of nitrogens with one attached hydrogen (secondary N) is 1. The van der Waals surface area contributed by atoms with Crippen LogP contribution in [0.25, 0.3) is 0 Å². The normalized spacial score (nSPS) is 24.3. The molecular formula is C17H34N4O2. The minimum atomic E-state index is 0.0656. The van der Waals surface area contributed by atoms with Crippen LogP contribution in [0, 0.1) is 5.92 Å². The average Bonchev–Trinajstić information content (AvgIpc) is 3.01. The summed E-state index contributed by atoms with van der Waals surface area (Å²) in [5.41, 5.74) is 0.0656. The zero-order valence-corrected chi connectivity index (χ0v) is 15.3. The van der Waals surface area contributed by atoms with E-state index in [2.05, 4.69) is 35.9 Å². The number of hydrogen-bond acceptors (Lipinski definition) is 4. The lowest BCUT2D eigenvalue weighted by atomic mass is 10.0. The van der Waals surface area contributed by atoms with E-state index < -0.39 is 0 Å². The average molecular weight is 326 g/mol. The number of likely N-dealkylation sites (tertiary alicyclic amines) is 1. The Morgan fingerprint density at radius 3 is 2.70 bits per heavy atom. The zero-order valence-electron chi connectivity index (χ0n) is 15.3. The second-order valence-corrected chi connectivity index (χ2v) is 7.14. The highest BCUT2D eigenvalue weighted by molar-refractivity contribution is 5.80. The maximum absolute atomic E-state index is 5.47. The van der Waals surface area contributed by atoms with Crippen molar-refractivity contribution in [1.29, 1.82) is 0 Å². The van der Waals surface area contributed by atoms with Crippen molar-refractivity contribution in [3.05, 3.63) is 0 Å². The number of rotatable bonds is 6. The van der Waals surface area contributed by atoms with Gasteiger partial charge in [-0.2, -0.15) is 0 Å². The van der Waals surface area contributed by atoms with Gasteiger partial charge in [0.15, 0.2) is 5.96 Å². The first kappa shape index (κ1) is 18.5. The molecule has 0 aromatic rings. The Balaban J connectivity index is 1.95. The largest absolute Gasteiger partial charge is 0.384 e. The van der Waals surface area contributed by atoms with Gasteiger partial charge in [-0.05, 0) is 27.2 Å². The summed E-state index contributed by atoms with van der Waals surface area (Å²) in [7, 11) is 1.78. The molecule has 0 saturated carbocycles. The van der Waals surface area contributed by atoms with Gasteiger partial charge in [0.1, 0.15) is 0 Å². The van der Waals surface area contributed by atoms with Gasteiger partial charge in [0.05, 0.1) is 26.4 Å². The highest BCUT2D eigenvalue weighted by Crippen LogP contribution is 2.19. The second kappa shape index (κ2) is 8.85. The van der Waals surface area contributed by atoms with Crippen molar-refractivity contribution < 1.29 is 9.47 Å². The molecule has 6 heteroatoms. The summed E-state index contributed by atoms with van der Waals surface area (Å²) < 4.78 is 10.8. The predicted molar refractivity (Wildman–Crippen MR) is 94.0 cm³/mol. The third kappa shape index (κ3) is 5.33. The first-order chi connectivity index (χ1) is 11.1. The fourth-order valence-electron chi connectivity index (χ4n) is 3.36. The van der Waals surface area contributed by atoms with Gasteiger partial charge >= 0.3 is 0 Å². The van der Waals surface area contributed by atoms with Crippen LogP contribution in [0.3, 0.4) is 0 Å². The Labute approximate surface area is 141 Å². The summed E-state index contributed by atoms with van der Waals surface area (Å²) in [6.07, 6.45) is 1.19. The van der Waals surface area contributed by atoms with E-state index in [1.165, 1.54) is 6.42 Å². The van der Waals surface area contributed by atoms with Crippen molar-refractivity contribution >= 4 is 5.96 Å². The summed E-state index contributed by atoms with van der Waals surface area (Å²) in [4.78, 5) is 9.81. The molecule has 2 aliphatic heterocycles. The molecule has 0 aromatic heterocycles. The molecule has 2 fully saturated rings. The van der Waals surface area contributed by atoms with Crippen LogP contribution in [0.2, 0.25) is 0 Å². The van der Waals surface area contributed by atoms with Gasteiger partial charge in [-0.25, -0.2) is 0 Å². The van der Waals surface area contributed by atoms with Crippen LogP contribution in [0.5, 0.6) is 0 Å². The van der Waals surface area contributed by atoms with Crippen molar-refractivity contribution in [1.82, 2.24) is 15.1 Å². The van der Waals surface area contributed by atoms with E-state index in [-0.39, 0.29) is 5.54 Å². The molecule has 0 spiro atoms. The standard InChI is InChI=1S/C17H34N4O2/c1-5-18-16(20-7-6-15(12-20)13-22-4)19-14-17(2,3)21-8-10-23-11-9-21/h15H,5-14H2,1-4H3,(H,18,19). The summed E-state index contributed by atoms with van der Waals surface area (Å²) in [6, 6.07) is 0. The number of guanidine groups is 1. The van der Waals surface area contributed by atoms with E-state index in [9.17, 15) is 0 Å². The highest BCUT2D eigenvalue weighted by atomic mass is 16.5. The number of methoxy groups -OCH3 is 1. The van der Waals surface area contributed by atoms with Crippen LogP contribution >= 0.6 is 0 Å². The van der Waals surface area contributed by atoms with Crippen LogP contribution < -0.4 is 5.32 Å². The maximum Gasteiger partial charge on any atom is 0.193 e. The summed E-state index contributed by atoms with van der Waals surface area (Å²) >= 11 is 0. The van der Waals surface area contributed by atoms with E-state index >= 15 is 0 Å². The van der Waals surface area contributed by atoms with Crippen LogP contribution in [-0.2, 0) is 9.47 Å². The molecule has 0 amide bonds. The minimum Gasteiger partial charge on any atom is -0.384 e. The molecule has 6 nitrogen and oxygen atoms in total. The van der Waals surface area contributed by atoms with E-state index in [1.807, 2.05) is 0 Å². The lowest BCUT2D eigenvalue weighted by Crippen LogP contribution is -2.52. The smallest absolute Gasteiger partial charge is 0.193 e. The van der Waals surface area contributed by atoms with Crippen molar-refractivity contribution in [2.45, 2.75) is 32.7 Å². The van der Waals surface area contributed by atoms with Gasteiger partial charge in [-0.3, -0.25) is 9.89 Å². The van der Waals surface area contributed by atoms with E-state index in [0.717, 1.165) is 65.0 Å². The van der Waals surface area contributed by atoms with Gasteiger partial charge < -0.3 is 19.7 Å². The molecule has 1 unspecified atom stereocenters. The third-order valence-electron chi connectivity index (χ3n) is 4.81. The molecule has 1 atom stereocenters. The Kier molecular flexibility index (Phi) is 7.11. The van der Waals surface area contributed by atoms with Crippen molar-refractivity contribution in [3.63, 3.8) is 0 Å². The Bertz CT molecular complexity index is 381. The first-order valence-electron chi connectivity index (χ1n) is 8.92. The van der Waals surface area contributed by atoms with Gasteiger partial charge in [-0.15, -0.1) is 0 Å². The number of hydrogen-bond donors (Lipinski definition) is 1. The molecule has 0 aromatic carbocycles. The van der Waals surface area contributed by atoms with Crippen molar-refractivity contribution in [2.24, 2.45) is 10.9 Å². The Hall–Kier alpha value is -0.850. The van der Waals surface area contributed by atoms with Gasteiger partial charge in [-0.1, -0.05) is 0 Å². The van der Waals surface area contributed by atoms with E-state index in [0.29, 0.717) is 5.92 Å². The molecule has 2 heterocycles. The fraction of sp³-hybridized carbons (Fsp3) is 0.941. The van der Waals surface area contributed by atoms with Crippen molar-refractivity contribution in [2.75, 3.05) is 66.2 Å². The Morgan fingerprint density at radius 2 is 2.04 bits per heavy atom. The van der Waals surface area contributed by atoms with E-state index in [1.54, 1.807) is 7.11 Å². The number of ether oxygens (including phenoxy) is 2. The first-order valence-corrected chi connectivity index (χ1v) is 8.92. The zero-order chi connectivity index (χ0) is 16.7. The molecule has 2 saturated heterocycles. The maximum atomic E-state index is 5.47. The number of nitrogens with zero attached hydrogens (tertiary/aromatic N) is 3. The summed E-state index contributed by atoms with van der Waals surface area (Å²) in [5.74, 6) is 1.67. The second-order valence-electron chi connectivity index (χ2n) is 7.14. The van der Waals surface area contributed by atoms with Crippen LogP contribution in [0.1, 0.15) is 27.2 Å². The lowest BCUT2D eigenvalue weighted by molar-refractivity contribution is -0.00688. The highest BCUT2D eigenvalue weighted by Gasteiger charge is 2.29. The Morgan fingerprint density at radius 1 is 1.30 bits per heavy atom. The molecule has 0 radical (unpaired) electrons. The fourth-order valence-corrected chi connectivity index (χ4v) is 3.36. The van der Waals surface area contributed by atoms with E-state index in [4.69, 9.17) is 14.5 Å². The van der Waals surface area contributed by atoms with Gasteiger partial charge in [0.25, 0.3) is 0 Å². The third-order valence-corrected chi connectivity index (χ3v) is 4.81. The molecule has 0 bridgehead atoms. The van der Waals surface area contributed by atoms with Crippen LogP contribution in [0.15, 0.2) is 4.99 Å². The summed E-state index contributed by atoms with van der Waals surface area (Å²) in [5, 5.41) is 3.45. The molecule has 23 heavy (non-hydrogen) atoms. The molecule has 134 valence electrons. The molecule has 2 rings (SSSR count). The monoisotopic (exact) mass is 326 g/mol. The molecule has 2 aliphatic rings. The van der Waals surface area contributed by atoms with Crippen LogP contribution in [0.4, 0.5) is 0 Å². The van der Waals surface area contributed by atoms with Gasteiger partial charge in [0.2, 0.25) is 0 Å². The molecule has 0 aliphatic carbocycles.